The third kappa shape index (κ3) is 5.79. The topological polar surface area (TPSA) is 83.0 Å². The predicted molar refractivity (Wildman–Crippen MR) is 117 cm³/mol. The third-order valence-corrected chi connectivity index (χ3v) is 8.25. The van der Waals surface area contributed by atoms with E-state index >= 15 is 0 Å². The Morgan fingerprint density at radius 3 is 2.59 bits per heavy atom. The molecule has 9 heteroatoms. The summed E-state index contributed by atoms with van der Waals surface area (Å²) in [5, 5.41) is 6.59. The van der Waals surface area contributed by atoms with Gasteiger partial charge in [-0.25, -0.2) is 8.42 Å². The minimum absolute atomic E-state index is 0.349. The molecule has 2 aromatic rings. The highest BCUT2D eigenvalue weighted by molar-refractivity contribution is 7.91. The summed E-state index contributed by atoms with van der Waals surface area (Å²) in [7, 11) is -1.71. The average Bonchev–Trinajstić information content (AvgIpc) is 3.25. The van der Waals surface area contributed by atoms with Crippen molar-refractivity contribution in [2.24, 2.45) is 4.99 Å². The number of aliphatic imine (C=N–C) groups is 1. The second kappa shape index (κ2) is 10.2. The highest BCUT2D eigenvalue weighted by Crippen LogP contribution is 2.25. The maximum atomic E-state index is 12.7. The van der Waals surface area contributed by atoms with E-state index in [2.05, 4.69) is 34.7 Å². The Kier molecular flexibility index (Phi) is 7.65. The molecule has 1 aromatic heterocycles. The van der Waals surface area contributed by atoms with E-state index in [0.717, 1.165) is 11.4 Å². The van der Waals surface area contributed by atoms with Crippen LogP contribution in [-0.2, 0) is 21.3 Å². The average molecular weight is 437 g/mol. The molecule has 0 radical (unpaired) electrons. The fraction of sp³-hybridized carbons (Fsp3) is 0.450. The molecule has 1 aliphatic rings. The number of ether oxygens (including phenoxy) is 1. The van der Waals surface area contributed by atoms with Crippen LogP contribution in [0.1, 0.15) is 23.3 Å². The summed E-state index contributed by atoms with van der Waals surface area (Å²) in [5.41, 5.74) is 1.27. The Morgan fingerprint density at radius 2 is 1.90 bits per heavy atom. The van der Waals surface area contributed by atoms with E-state index in [0.29, 0.717) is 48.9 Å². The molecule has 1 aromatic carbocycles. The van der Waals surface area contributed by atoms with Crippen molar-refractivity contribution < 1.29 is 13.2 Å². The molecule has 1 saturated heterocycles. The van der Waals surface area contributed by atoms with Crippen molar-refractivity contribution in [1.29, 1.82) is 0 Å². The first kappa shape index (κ1) is 21.8. The number of morpholine rings is 1. The van der Waals surface area contributed by atoms with Gasteiger partial charge in [-0.05, 0) is 23.6 Å². The van der Waals surface area contributed by atoms with Crippen molar-refractivity contribution in [1.82, 2.24) is 14.9 Å². The molecule has 0 amide bonds. The van der Waals surface area contributed by atoms with E-state index in [1.165, 1.54) is 21.2 Å². The Balaban J connectivity index is 1.52. The van der Waals surface area contributed by atoms with Gasteiger partial charge in [0.2, 0.25) is 0 Å². The van der Waals surface area contributed by atoms with Gasteiger partial charge in [0, 0.05) is 31.6 Å². The molecule has 0 spiro atoms. The van der Waals surface area contributed by atoms with E-state index in [9.17, 15) is 8.42 Å². The lowest BCUT2D eigenvalue weighted by atomic mass is 10.0. The Hall–Kier alpha value is -1.94. The van der Waals surface area contributed by atoms with E-state index < -0.39 is 10.0 Å². The SMILES string of the molecule is CN=C(NCc1ccc(S(=O)(=O)N2CCOCC2)s1)NCC(C)c1ccccc1. The number of rotatable bonds is 7. The van der Waals surface area contributed by atoms with Crippen LogP contribution in [0, 0.1) is 0 Å². The zero-order valence-electron chi connectivity index (χ0n) is 16.8. The van der Waals surface area contributed by atoms with Crippen LogP contribution in [0.5, 0.6) is 0 Å². The molecule has 0 saturated carbocycles. The molecular weight excluding hydrogens is 408 g/mol. The van der Waals surface area contributed by atoms with Crippen LogP contribution in [0.4, 0.5) is 0 Å². The molecule has 1 atom stereocenters. The maximum Gasteiger partial charge on any atom is 0.252 e. The van der Waals surface area contributed by atoms with Crippen LogP contribution in [0.2, 0.25) is 0 Å². The van der Waals surface area contributed by atoms with Gasteiger partial charge >= 0.3 is 0 Å². The molecule has 2 heterocycles. The smallest absolute Gasteiger partial charge is 0.252 e. The van der Waals surface area contributed by atoms with Gasteiger partial charge < -0.3 is 15.4 Å². The molecule has 0 bridgehead atoms. The first-order chi connectivity index (χ1) is 14.0. The molecule has 29 heavy (non-hydrogen) atoms. The standard InChI is InChI=1S/C20H28N4O3S2/c1-16(17-6-4-3-5-7-17)14-22-20(21-2)23-15-18-8-9-19(28-18)29(25,26)24-10-12-27-13-11-24/h3-9,16H,10-15H2,1-2H3,(H2,21,22,23). The number of nitrogens with zero attached hydrogens (tertiary/aromatic N) is 2. The summed E-state index contributed by atoms with van der Waals surface area (Å²) in [4.78, 5) is 5.20. The Labute approximate surface area is 176 Å². The molecular formula is C20H28N4O3S2. The molecule has 3 rings (SSSR count). The number of hydrogen-bond donors (Lipinski definition) is 2. The Bertz CT molecular complexity index is 907. The molecule has 1 unspecified atom stereocenters. The summed E-state index contributed by atoms with van der Waals surface area (Å²) >= 11 is 1.29. The lowest BCUT2D eigenvalue weighted by molar-refractivity contribution is 0.0731. The van der Waals surface area contributed by atoms with E-state index in [4.69, 9.17) is 4.74 Å². The zero-order chi connectivity index (χ0) is 20.7. The first-order valence-electron chi connectivity index (χ1n) is 9.67. The van der Waals surface area contributed by atoms with E-state index in [1.807, 2.05) is 24.3 Å². The molecule has 2 N–H and O–H groups in total. The predicted octanol–water partition coefficient (Wildman–Crippen LogP) is 2.24. The van der Waals surface area contributed by atoms with Crippen LogP contribution in [0.25, 0.3) is 0 Å². The number of nitrogens with one attached hydrogen (secondary N) is 2. The Morgan fingerprint density at radius 1 is 1.17 bits per heavy atom. The lowest BCUT2D eigenvalue weighted by Crippen LogP contribution is -2.40. The highest BCUT2D eigenvalue weighted by atomic mass is 32.2. The zero-order valence-corrected chi connectivity index (χ0v) is 18.4. The number of sulfonamides is 1. The largest absolute Gasteiger partial charge is 0.379 e. The van der Waals surface area contributed by atoms with Crippen molar-refractivity contribution in [2.45, 2.75) is 23.6 Å². The van der Waals surface area contributed by atoms with Gasteiger partial charge in [-0.15, -0.1) is 11.3 Å². The van der Waals surface area contributed by atoms with Crippen LogP contribution < -0.4 is 10.6 Å². The summed E-state index contributed by atoms with van der Waals surface area (Å²) in [5.74, 6) is 1.04. The number of thiophene rings is 1. The lowest BCUT2D eigenvalue weighted by Gasteiger charge is -2.25. The van der Waals surface area contributed by atoms with Crippen molar-refractivity contribution in [3.05, 3.63) is 52.9 Å². The van der Waals surface area contributed by atoms with Gasteiger partial charge in [-0.3, -0.25) is 4.99 Å². The number of benzene rings is 1. The van der Waals surface area contributed by atoms with Crippen LogP contribution in [0.3, 0.4) is 0 Å². The van der Waals surface area contributed by atoms with Crippen LogP contribution >= 0.6 is 11.3 Å². The monoisotopic (exact) mass is 436 g/mol. The fourth-order valence-electron chi connectivity index (χ4n) is 3.05. The highest BCUT2D eigenvalue weighted by Gasteiger charge is 2.27. The summed E-state index contributed by atoms with van der Waals surface area (Å²) in [6.07, 6.45) is 0. The summed E-state index contributed by atoms with van der Waals surface area (Å²) in [6, 6.07) is 13.9. The normalized spacial score (nSPS) is 17.1. The van der Waals surface area contributed by atoms with E-state index in [1.54, 1.807) is 13.1 Å². The summed E-state index contributed by atoms with van der Waals surface area (Å²) < 4.78 is 32.6. The van der Waals surface area contributed by atoms with Crippen molar-refractivity contribution in [3.8, 4) is 0 Å². The minimum atomic E-state index is -3.44. The first-order valence-corrected chi connectivity index (χ1v) is 11.9. The van der Waals surface area contributed by atoms with Gasteiger partial charge in [0.25, 0.3) is 10.0 Å². The van der Waals surface area contributed by atoms with Crippen molar-refractivity contribution >= 4 is 27.3 Å². The molecule has 0 aliphatic carbocycles. The molecule has 1 fully saturated rings. The quantitative estimate of drug-likeness (QED) is 0.514. The van der Waals surface area contributed by atoms with Gasteiger partial charge in [0.1, 0.15) is 4.21 Å². The van der Waals surface area contributed by atoms with Crippen molar-refractivity contribution in [3.63, 3.8) is 0 Å². The second-order valence-corrected chi connectivity index (χ2v) is 10.2. The third-order valence-electron chi connectivity index (χ3n) is 4.80. The van der Waals surface area contributed by atoms with Gasteiger partial charge in [-0.1, -0.05) is 37.3 Å². The molecule has 158 valence electrons. The van der Waals surface area contributed by atoms with Gasteiger partial charge in [0.15, 0.2) is 5.96 Å². The maximum absolute atomic E-state index is 12.7. The van der Waals surface area contributed by atoms with Gasteiger partial charge in [-0.2, -0.15) is 4.31 Å². The molecule has 1 aliphatic heterocycles. The number of guanidine groups is 1. The molecule has 7 nitrogen and oxygen atoms in total. The van der Waals surface area contributed by atoms with Gasteiger partial charge in [0.05, 0.1) is 19.8 Å². The van der Waals surface area contributed by atoms with Crippen LogP contribution in [0.15, 0.2) is 51.7 Å². The summed E-state index contributed by atoms with van der Waals surface area (Å²) in [6.45, 7) is 5.14. The number of hydrogen-bond acceptors (Lipinski definition) is 5. The van der Waals surface area contributed by atoms with Crippen LogP contribution in [-0.4, -0.2) is 58.6 Å². The second-order valence-electron chi connectivity index (χ2n) is 6.86. The van der Waals surface area contributed by atoms with Crippen molar-refractivity contribution in [2.75, 3.05) is 39.9 Å². The fourth-order valence-corrected chi connectivity index (χ4v) is 5.90. The minimum Gasteiger partial charge on any atom is -0.379 e. The van der Waals surface area contributed by atoms with E-state index in [-0.39, 0.29) is 0 Å².